The molecule has 2 aliphatic carbocycles. The predicted molar refractivity (Wildman–Crippen MR) is 315 cm³/mol. The summed E-state index contributed by atoms with van der Waals surface area (Å²) in [5.74, 6) is 0. The molecule has 1 spiro atoms. The molecule has 0 N–H and O–H groups in total. The van der Waals surface area contributed by atoms with E-state index in [1.807, 2.05) is 0 Å². The maximum atomic E-state index is 2.49. The zero-order valence-corrected chi connectivity index (χ0v) is 41.0. The molecule has 0 atom stereocenters. The third-order valence-electron chi connectivity index (χ3n) is 16.5. The Labute approximate surface area is 435 Å². The zero-order valence-electron chi connectivity index (χ0n) is 41.0. The standard InChI is InChI=1S/C73H46N2/c1-4-16-50-41-53(27-25-47(50)13-1)55-30-39-71-65(44-55)66-45-56(54-28-26-48-14-2-5-17-51(48)42-54)31-40-72(66)75(71)58-35-33-57(34-36-58)74(59-32-29-49-15-3-6-18-52(49)43-59)60-37-38-64-63-21-9-12-24-69(63)73(70(64)46-60)67-22-10-7-19-61(67)62-20-8-11-23-68(62)73/h1-46H. The molecule has 1 aromatic heterocycles. The summed E-state index contributed by atoms with van der Waals surface area (Å²) in [5.41, 5.74) is 21.7. The van der Waals surface area contributed by atoms with E-state index in [1.54, 1.807) is 0 Å². The highest BCUT2D eigenvalue weighted by molar-refractivity contribution is 6.12. The Balaban J connectivity index is 0.874. The van der Waals surface area contributed by atoms with Gasteiger partial charge in [-0.15, -0.1) is 0 Å². The number of aromatic nitrogens is 1. The van der Waals surface area contributed by atoms with Crippen LogP contribution in [0.3, 0.4) is 0 Å². The van der Waals surface area contributed by atoms with Crippen molar-refractivity contribution in [1.82, 2.24) is 4.57 Å². The normalized spacial score (nSPS) is 12.9. The average molecular weight is 951 g/mol. The number of rotatable bonds is 6. The molecule has 14 aromatic rings. The number of fused-ring (bicyclic) bond motifs is 16. The molecule has 2 nitrogen and oxygen atoms in total. The van der Waals surface area contributed by atoms with Crippen molar-refractivity contribution in [3.63, 3.8) is 0 Å². The Morgan fingerprint density at radius 2 is 0.627 bits per heavy atom. The first kappa shape index (κ1) is 41.8. The van der Waals surface area contributed by atoms with E-state index in [9.17, 15) is 0 Å². The fourth-order valence-corrected chi connectivity index (χ4v) is 13.1. The minimum absolute atomic E-state index is 0.451. The summed E-state index contributed by atoms with van der Waals surface area (Å²) < 4.78 is 2.45. The lowest BCUT2D eigenvalue weighted by Crippen LogP contribution is -2.26. The molecule has 13 aromatic carbocycles. The smallest absolute Gasteiger partial charge is 0.0726 e. The molecule has 16 rings (SSSR count). The third kappa shape index (κ3) is 6.21. The number of hydrogen-bond donors (Lipinski definition) is 0. The van der Waals surface area contributed by atoms with Gasteiger partial charge in [0, 0.05) is 33.5 Å². The summed E-state index contributed by atoms with van der Waals surface area (Å²) in [6.45, 7) is 0. The molecule has 0 radical (unpaired) electrons. The fraction of sp³-hybridized carbons (Fsp3) is 0.0137. The van der Waals surface area contributed by atoms with Gasteiger partial charge < -0.3 is 9.47 Å². The van der Waals surface area contributed by atoms with E-state index in [1.165, 1.54) is 121 Å². The molecular weight excluding hydrogens is 905 g/mol. The number of anilines is 3. The van der Waals surface area contributed by atoms with E-state index in [0.29, 0.717) is 0 Å². The summed E-state index contributed by atoms with van der Waals surface area (Å²) in [6.07, 6.45) is 0. The summed E-state index contributed by atoms with van der Waals surface area (Å²) in [7, 11) is 0. The Morgan fingerprint density at radius 3 is 1.15 bits per heavy atom. The molecule has 0 fully saturated rings. The Kier molecular flexibility index (Phi) is 8.99. The Bertz CT molecular complexity index is 4470. The molecule has 0 aliphatic heterocycles. The van der Waals surface area contributed by atoms with Gasteiger partial charge in [-0.2, -0.15) is 0 Å². The van der Waals surface area contributed by atoms with Crippen LogP contribution in [0.1, 0.15) is 22.3 Å². The van der Waals surface area contributed by atoms with Gasteiger partial charge in [-0.1, -0.05) is 194 Å². The van der Waals surface area contributed by atoms with Crippen LogP contribution in [0.15, 0.2) is 279 Å². The van der Waals surface area contributed by atoms with Gasteiger partial charge in [0.25, 0.3) is 0 Å². The summed E-state index contributed by atoms with van der Waals surface area (Å²) in [5, 5.41) is 9.86. The number of benzene rings is 13. The van der Waals surface area contributed by atoms with E-state index < -0.39 is 5.41 Å². The van der Waals surface area contributed by atoms with Gasteiger partial charge in [0.1, 0.15) is 0 Å². The van der Waals surface area contributed by atoms with Gasteiger partial charge in [-0.05, 0) is 184 Å². The first-order valence-electron chi connectivity index (χ1n) is 26.1. The van der Waals surface area contributed by atoms with E-state index in [2.05, 4.69) is 289 Å². The average Bonchev–Trinajstić information content (AvgIpc) is 4.09. The molecular formula is C73H46N2. The SMILES string of the molecule is c1ccc2c(c1)-c1ccccc1C21c2ccccc2-c2ccc(N(c3ccc(-n4c5ccc(-c6ccc7ccccc7c6)cc5c5cc(-c6ccc7ccccc7c6)ccc54)cc3)c3ccc4ccccc4c3)cc21. The molecule has 75 heavy (non-hydrogen) atoms. The topological polar surface area (TPSA) is 8.17 Å². The fourth-order valence-electron chi connectivity index (χ4n) is 13.1. The molecule has 0 saturated carbocycles. The van der Waals surface area contributed by atoms with Crippen LogP contribution in [0.25, 0.3) is 104 Å². The van der Waals surface area contributed by atoms with Crippen LogP contribution in [-0.4, -0.2) is 4.57 Å². The highest BCUT2D eigenvalue weighted by Gasteiger charge is 2.51. The molecule has 0 unspecified atom stereocenters. The lowest BCUT2D eigenvalue weighted by Gasteiger charge is -2.32. The minimum atomic E-state index is -0.451. The lowest BCUT2D eigenvalue weighted by molar-refractivity contribution is 0.793. The van der Waals surface area contributed by atoms with Crippen LogP contribution >= 0.6 is 0 Å². The molecule has 2 heteroatoms. The van der Waals surface area contributed by atoms with Crippen LogP contribution in [0.2, 0.25) is 0 Å². The van der Waals surface area contributed by atoms with Crippen LogP contribution in [-0.2, 0) is 5.41 Å². The largest absolute Gasteiger partial charge is 0.310 e. The highest BCUT2D eigenvalue weighted by atomic mass is 15.1. The van der Waals surface area contributed by atoms with Crippen molar-refractivity contribution in [2.45, 2.75) is 5.41 Å². The first-order valence-corrected chi connectivity index (χ1v) is 26.1. The van der Waals surface area contributed by atoms with Crippen molar-refractivity contribution >= 4 is 71.2 Å². The molecule has 0 bridgehead atoms. The van der Waals surface area contributed by atoms with Crippen LogP contribution in [0, 0.1) is 0 Å². The summed E-state index contributed by atoms with van der Waals surface area (Å²) >= 11 is 0. The maximum absolute atomic E-state index is 2.49. The maximum Gasteiger partial charge on any atom is 0.0726 e. The van der Waals surface area contributed by atoms with Crippen molar-refractivity contribution in [3.8, 4) is 50.2 Å². The molecule has 2 aliphatic rings. The Morgan fingerprint density at radius 1 is 0.253 bits per heavy atom. The van der Waals surface area contributed by atoms with Crippen molar-refractivity contribution in [3.05, 3.63) is 301 Å². The van der Waals surface area contributed by atoms with E-state index in [0.717, 1.165) is 22.7 Å². The second-order valence-corrected chi connectivity index (χ2v) is 20.4. The van der Waals surface area contributed by atoms with Crippen molar-refractivity contribution in [2.24, 2.45) is 0 Å². The van der Waals surface area contributed by atoms with E-state index in [4.69, 9.17) is 0 Å². The molecule has 0 amide bonds. The third-order valence-corrected chi connectivity index (χ3v) is 16.5. The monoisotopic (exact) mass is 950 g/mol. The van der Waals surface area contributed by atoms with Crippen LogP contribution in [0.4, 0.5) is 17.1 Å². The zero-order chi connectivity index (χ0) is 49.2. The summed E-state index contributed by atoms with van der Waals surface area (Å²) in [6, 6.07) is 104. The van der Waals surface area contributed by atoms with Gasteiger partial charge in [-0.25, -0.2) is 0 Å². The van der Waals surface area contributed by atoms with Gasteiger partial charge in [0.05, 0.1) is 16.4 Å². The highest BCUT2D eigenvalue weighted by Crippen LogP contribution is 2.63. The van der Waals surface area contributed by atoms with E-state index >= 15 is 0 Å². The molecule has 1 heterocycles. The van der Waals surface area contributed by atoms with Gasteiger partial charge in [0.15, 0.2) is 0 Å². The number of nitrogens with zero attached hydrogens (tertiary/aromatic N) is 2. The van der Waals surface area contributed by atoms with Crippen molar-refractivity contribution in [1.29, 1.82) is 0 Å². The lowest BCUT2D eigenvalue weighted by atomic mass is 9.70. The Hall–Kier alpha value is -9.76. The van der Waals surface area contributed by atoms with Gasteiger partial charge in [0.2, 0.25) is 0 Å². The van der Waals surface area contributed by atoms with Gasteiger partial charge in [-0.3, -0.25) is 0 Å². The molecule has 348 valence electrons. The van der Waals surface area contributed by atoms with Crippen LogP contribution < -0.4 is 4.90 Å². The van der Waals surface area contributed by atoms with Crippen molar-refractivity contribution < 1.29 is 0 Å². The number of hydrogen-bond acceptors (Lipinski definition) is 1. The van der Waals surface area contributed by atoms with Gasteiger partial charge >= 0.3 is 0 Å². The second-order valence-electron chi connectivity index (χ2n) is 20.4. The van der Waals surface area contributed by atoms with E-state index in [-0.39, 0.29) is 0 Å². The second kappa shape index (κ2) is 16.1. The van der Waals surface area contributed by atoms with Crippen LogP contribution in [0.5, 0.6) is 0 Å². The quantitative estimate of drug-likeness (QED) is 0.161. The first-order chi connectivity index (χ1) is 37.2. The summed E-state index contributed by atoms with van der Waals surface area (Å²) in [4.78, 5) is 2.46. The predicted octanol–water partition coefficient (Wildman–Crippen LogP) is 19.4. The minimum Gasteiger partial charge on any atom is -0.310 e. The molecule has 0 saturated heterocycles. The van der Waals surface area contributed by atoms with Crippen molar-refractivity contribution in [2.75, 3.05) is 4.90 Å².